The van der Waals surface area contributed by atoms with Crippen molar-refractivity contribution in [2.75, 3.05) is 65.4 Å². The summed E-state index contributed by atoms with van der Waals surface area (Å²) in [4.78, 5) is 32.1. The minimum absolute atomic E-state index is 0.0637. The summed E-state index contributed by atoms with van der Waals surface area (Å²) in [5.41, 5.74) is 1.36. The molecule has 1 N–H and O–H groups in total. The Balaban J connectivity index is 1.14. The summed E-state index contributed by atoms with van der Waals surface area (Å²) < 4.78 is 5.67. The number of amides is 1. The van der Waals surface area contributed by atoms with Gasteiger partial charge in [-0.25, -0.2) is 4.79 Å². The molecule has 4 rings (SSSR count). The lowest BCUT2D eigenvalue weighted by Crippen LogP contribution is -2.49. The van der Waals surface area contributed by atoms with E-state index in [2.05, 4.69) is 45.0 Å². The average molecular weight is 445 g/mol. The fourth-order valence-electron chi connectivity index (χ4n) is 5.04. The molecule has 32 heavy (non-hydrogen) atoms. The van der Waals surface area contributed by atoms with E-state index in [4.69, 9.17) is 9.84 Å². The average Bonchev–Trinajstić information content (AvgIpc) is 3.13. The van der Waals surface area contributed by atoms with Crippen molar-refractivity contribution < 1.29 is 19.4 Å². The molecule has 8 nitrogen and oxygen atoms in total. The Morgan fingerprint density at radius 3 is 2.31 bits per heavy atom. The van der Waals surface area contributed by atoms with E-state index in [1.165, 1.54) is 5.56 Å². The maximum atomic E-state index is 12.4. The Bertz CT molecular complexity index is 746. The molecule has 3 aliphatic heterocycles. The van der Waals surface area contributed by atoms with Crippen molar-refractivity contribution in [1.29, 1.82) is 0 Å². The Morgan fingerprint density at radius 1 is 0.938 bits per heavy atom. The van der Waals surface area contributed by atoms with E-state index in [1.807, 2.05) is 4.90 Å². The number of carbonyl (C=O) groups excluding carboxylic acids is 1. The number of ether oxygens (including phenoxy) is 1. The zero-order chi connectivity index (χ0) is 22.3. The van der Waals surface area contributed by atoms with Crippen molar-refractivity contribution >= 4 is 12.1 Å². The summed E-state index contributed by atoms with van der Waals surface area (Å²) in [5, 5.41) is 8.83. The number of likely N-dealkylation sites (tertiary alicyclic amines) is 1. The van der Waals surface area contributed by atoms with Gasteiger partial charge in [0.15, 0.2) is 0 Å². The van der Waals surface area contributed by atoms with Gasteiger partial charge in [0.05, 0.1) is 13.0 Å². The number of piperidine rings is 1. The molecule has 3 aliphatic rings. The van der Waals surface area contributed by atoms with Gasteiger partial charge in [-0.2, -0.15) is 0 Å². The van der Waals surface area contributed by atoms with Crippen LogP contribution in [0, 0.1) is 5.92 Å². The van der Waals surface area contributed by atoms with Gasteiger partial charge in [0, 0.05) is 52.4 Å². The van der Waals surface area contributed by atoms with Crippen LogP contribution in [0.5, 0.6) is 0 Å². The van der Waals surface area contributed by atoms with Crippen LogP contribution in [0.2, 0.25) is 0 Å². The zero-order valence-corrected chi connectivity index (χ0v) is 18.9. The summed E-state index contributed by atoms with van der Waals surface area (Å²) in [6.07, 6.45) is 2.22. The lowest BCUT2D eigenvalue weighted by molar-refractivity contribution is -0.137. The number of carboxylic acids is 1. The highest BCUT2D eigenvalue weighted by atomic mass is 16.6. The smallest absolute Gasteiger partial charge is 0.410 e. The molecule has 0 aromatic heterocycles. The quantitative estimate of drug-likeness (QED) is 0.623. The number of hydrogen-bond acceptors (Lipinski definition) is 6. The summed E-state index contributed by atoms with van der Waals surface area (Å²) >= 11 is 0. The fourth-order valence-corrected chi connectivity index (χ4v) is 5.04. The first kappa shape index (κ1) is 23.0. The number of carboxylic acid groups (broad SMARTS) is 1. The molecule has 176 valence electrons. The van der Waals surface area contributed by atoms with Crippen molar-refractivity contribution in [1.82, 2.24) is 19.6 Å². The number of cyclic esters (lactones) is 1. The van der Waals surface area contributed by atoms with E-state index < -0.39 is 5.97 Å². The van der Waals surface area contributed by atoms with Crippen molar-refractivity contribution in [2.45, 2.75) is 31.9 Å². The SMILES string of the molecule is O=C(O)CCN1CCN(CC2CN(CC3CCN(Cc4ccccc4)CC3)C(=O)O2)CC1. The van der Waals surface area contributed by atoms with E-state index >= 15 is 0 Å². The molecule has 1 unspecified atom stereocenters. The van der Waals surface area contributed by atoms with Crippen molar-refractivity contribution in [3.05, 3.63) is 35.9 Å². The zero-order valence-electron chi connectivity index (χ0n) is 18.9. The van der Waals surface area contributed by atoms with Gasteiger partial charge < -0.3 is 19.6 Å². The second-order valence-corrected chi connectivity index (χ2v) is 9.40. The molecule has 0 bridgehead atoms. The normalized spacial score (nSPS) is 24.1. The highest BCUT2D eigenvalue weighted by Gasteiger charge is 2.35. The topological polar surface area (TPSA) is 76.6 Å². The molecule has 0 aliphatic carbocycles. The Hall–Kier alpha value is -2.16. The first-order valence-corrected chi connectivity index (χ1v) is 11.9. The number of nitrogens with zero attached hydrogens (tertiary/aromatic N) is 4. The van der Waals surface area contributed by atoms with Gasteiger partial charge in [0.25, 0.3) is 0 Å². The Morgan fingerprint density at radius 2 is 1.62 bits per heavy atom. The molecule has 1 amide bonds. The van der Waals surface area contributed by atoms with Crippen LogP contribution in [0.4, 0.5) is 4.79 Å². The van der Waals surface area contributed by atoms with Gasteiger partial charge in [-0.1, -0.05) is 30.3 Å². The highest BCUT2D eigenvalue weighted by molar-refractivity contribution is 5.70. The van der Waals surface area contributed by atoms with E-state index in [9.17, 15) is 9.59 Å². The fraction of sp³-hybridized carbons (Fsp3) is 0.667. The molecule has 0 spiro atoms. The molecule has 1 aromatic rings. The summed E-state index contributed by atoms with van der Waals surface area (Å²) in [7, 11) is 0. The summed E-state index contributed by atoms with van der Waals surface area (Å²) in [5.74, 6) is -0.196. The molecule has 1 atom stereocenters. The van der Waals surface area contributed by atoms with E-state index in [0.29, 0.717) is 19.0 Å². The van der Waals surface area contributed by atoms with E-state index in [-0.39, 0.29) is 18.6 Å². The van der Waals surface area contributed by atoms with Gasteiger partial charge in [-0.3, -0.25) is 14.6 Å². The van der Waals surface area contributed by atoms with Crippen LogP contribution in [0.25, 0.3) is 0 Å². The van der Waals surface area contributed by atoms with Crippen molar-refractivity contribution in [3.63, 3.8) is 0 Å². The van der Waals surface area contributed by atoms with Crippen LogP contribution < -0.4 is 0 Å². The van der Waals surface area contributed by atoms with Crippen LogP contribution in [-0.2, 0) is 16.1 Å². The lowest BCUT2D eigenvalue weighted by atomic mass is 9.96. The predicted octanol–water partition coefficient (Wildman–Crippen LogP) is 1.81. The van der Waals surface area contributed by atoms with Gasteiger partial charge in [-0.05, 0) is 37.4 Å². The molecule has 3 fully saturated rings. The van der Waals surface area contributed by atoms with Gasteiger partial charge in [0.2, 0.25) is 0 Å². The largest absolute Gasteiger partial charge is 0.481 e. The van der Waals surface area contributed by atoms with Crippen LogP contribution in [-0.4, -0.2) is 108 Å². The number of hydrogen-bond donors (Lipinski definition) is 1. The highest BCUT2D eigenvalue weighted by Crippen LogP contribution is 2.23. The molecule has 3 heterocycles. The predicted molar refractivity (Wildman–Crippen MR) is 121 cm³/mol. The van der Waals surface area contributed by atoms with Crippen LogP contribution in [0.15, 0.2) is 30.3 Å². The third-order valence-corrected chi connectivity index (χ3v) is 6.95. The number of carbonyl (C=O) groups is 2. The lowest BCUT2D eigenvalue weighted by Gasteiger charge is -2.35. The maximum Gasteiger partial charge on any atom is 0.410 e. The van der Waals surface area contributed by atoms with Gasteiger partial charge >= 0.3 is 12.1 Å². The van der Waals surface area contributed by atoms with Gasteiger partial charge in [0.1, 0.15) is 6.10 Å². The summed E-state index contributed by atoms with van der Waals surface area (Å²) in [6.45, 7) is 9.57. The standard InChI is InChI=1S/C24H36N4O4/c29-23(30)8-11-25-12-14-27(15-13-25)18-22-19-28(24(31)32-22)17-21-6-9-26(10-7-21)16-20-4-2-1-3-5-20/h1-5,21-22H,6-19H2,(H,29,30). The monoisotopic (exact) mass is 444 g/mol. The molecule has 0 radical (unpaired) electrons. The van der Waals surface area contributed by atoms with E-state index in [1.54, 1.807) is 0 Å². The summed E-state index contributed by atoms with van der Waals surface area (Å²) in [6, 6.07) is 10.6. The molecular formula is C24H36N4O4. The second-order valence-electron chi connectivity index (χ2n) is 9.40. The number of rotatable bonds is 9. The first-order chi connectivity index (χ1) is 15.5. The number of aliphatic carboxylic acids is 1. The van der Waals surface area contributed by atoms with Crippen LogP contribution >= 0.6 is 0 Å². The minimum Gasteiger partial charge on any atom is -0.481 e. The van der Waals surface area contributed by atoms with Crippen molar-refractivity contribution in [2.24, 2.45) is 5.92 Å². The van der Waals surface area contributed by atoms with E-state index in [0.717, 1.165) is 71.7 Å². The second kappa shape index (κ2) is 11.1. The Kier molecular flexibility index (Phi) is 8.00. The minimum atomic E-state index is -0.743. The van der Waals surface area contributed by atoms with Crippen LogP contribution in [0.1, 0.15) is 24.8 Å². The Labute approximate surface area is 190 Å². The van der Waals surface area contributed by atoms with Crippen LogP contribution in [0.3, 0.4) is 0 Å². The van der Waals surface area contributed by atoms with Gasteiger partial charge in [-0.15, -0.1) is 0 Å². The first-order valence-electron chi connectivity index (χ1n) is 11.9. The molecular weight excluding hydrogens is 408 g/mol. The molecule has 3 saturated heterocycles. The molecule has 1 aromatic carbocycles. The molecule has 8 heteroatoms. The third-order valence-electron chi connectivity index (χ3n) is 6.95. The number of benzene rings is 1. The molecule has 0 saturated carbocycles. The van der Waals surface area contributed by atoms with Crippen molar-refractivity contribution in [3.8, 4) is 0 Å². The number of piperazine rings is 1. The third kappa shape index (κ3) is 6.67. The maximum absolute atomic E-state index is 12.4.